The molecule has 2 heterocycles. The zero-order valence-electron chi connectivity index (χ0n) is 21.5. The Morgan fingerprint density at radius 2 is 1.09 bits per heavy atom. The lowest BCUT2D eigenvalue weighted by molar-refractivity contribution is -0.143. The van der Waals surface area contributed by atoms with Gasteiger partial charge < -0.3 is 34.6 Å². The number of carbonyl (C=O) groups is 4. The smallest absolute Gasteiger partial charge is 0.481 e. The Morgan fingerprint density at radius 3 is 1.38 bits per heavy atom. The van der Waals surface area contributed by atoms with Crippen molar-refractivity contribution in [1.29, 1.82) is 0 Å². The van der Waals surface area contributed by atoms with E-state index in [9.17, 15) is 19.2 Å². The van der Waals surface area contributed by atoms with Crippen molar-refractivity contribution in [2.24, 2.45) is 11.8 Å². The van der Waals surface area contributed by atoms with E-state index >= 15 is 0 Å². The van der Waals surface area contributed by atoms with Crippen molar-refractivity contribution in [2.75, 3.05) is 33.2 Å². The summed E-state index contributed by atoms with van der Waals surface area (Å²) >= 11 is 0. The molecule has 0 radical (unpaired) electrons. The highest BCUT2D eigenvalue weighted by Crippen LogP contribution is 2.15. The van der Waals surface area contributed by atoms with Crippen LogP contribution in [0.15, 0.2) is 0 Å². The highest BCUT2D eigenvalue weighted by atomic mass is 16.8. The largest absolute Gasteiger partial charge is 0.519 e. The first-order chi connectivity index (χ1) is 15.5. The first-order valence-corrected chi connectivity index (χ1v) is 11.5. The third-order valence-electron chi connectivity index (χ3n) is 4.70. The molecule has 0 spiro atoms. The molecule has 2 saturated heterocycles. The van der Waals surface area contributed by atoms with E-state index in [0.29, 0.717) is 0 Å². The Hall–Kier alpha value is -2.40. The normalized spacial score (nSPS) is 17.7. The van der Waals surface area contributed by atoms with E-state index in [1.807, 2.05) is 7.05 Å². The minimum Gasteiger partial charge on any atom is -0.481 e. The molecular formula is C23H42N2O9. The average Bonchev–Trinajstić information content (AvgIpc) is 2.67. The summed E-state index contributed by atoms with van der Waals surface area (Å²) in [6.45, 7) is 13.6. The van der Waals surface area contributed by atoms with Crippen LogP contribution >= 0.6 is 0 Å². The van der Waals surface area contributed by atoms with Gasteiger partial charge in [-0.15, -0.1) is 0 Å². The molecule has 2 fully saturated rings. The number of piperidine rings is 2. The van der Waals surface area contributed by atoms with Crippen molar-refractivity contribution >= 4 is 24.2 Å². The van der Waals surface area contributed by atoms with Crippen LogP contribution in [0.1, 0.15) is 67.2 Å². The van der Waals surface area contributed by atoms with E-state index in [2.05, 4.69) is 15.0 Å². The molecule has 0 amide bonds. The van der Waals surface area contributed by atoms with E-state index < -0.39 is 35.5 Å². The predicted molar refractivity (Wildman–Crippen MR) is 125 cm³/mol. The Labute approximate surface area is 202 Å². The zero-order valence-corrected chi connectivity index (χ0v) is 21.5. The Bertz CT molecular complexity index is 628. The highest BCUT2D eigenvalue weighted by Gasteiger charge is 2.24. The first kappa shape index (κ1) is 31.6. The number of hydrogen-bond donors (Lipinski definition) is 3. The Balaban J connectivity index is 0.000000499. The second-order valence-electron chi connectivity index (χ2n) is 10.3. The van der Waals surface area contributed by atoms with Gasteiger partial charge in [0.2, 0.25) is 0 Å². The van der Waals surface area contributed by atoms with Gasteiger partial charge in [-0.3, -0.25) is 9.59 Å². The lowest BCUT2D eigenvalue weighted by Gasteiger charge is -2.25. The van der Waals surface area contributed by atoms with Gasteiger partial charge in [-0.2, -0.15) is 0 Å². The molecule has 11 heteroatoms. The number of carboxylic acid groups (broad SMARTS) is 2. The molecule has 34 heavy (non-hydrogen) atoms. The van der Waals surface area contributed by atoms with Crippen molar-refractivity contribution in [3.8, 4) is 0 Å². The fourth-order valence-electron chi connectivity index (χ4n) is 2.93. The van der Waals surface area contributed by atoms with Crippen molar-refractivity contribution in [3.63, 3.8) is 0 Å². The summed E-state index contributed by atoms with van der Waals surface area (Å²) in [6, 6.07) is 0. The summed E-state index contributed by atoms with van der Waals surface area (Å²) in [5, 5.41) is 20.2. The lowest BCUT2D eigenvalue weighted by Crippen LogP contribution is -2.33. The molecule has 0 aromatic rings. The van der Waals surface area contributed by atoms with Gasteiger partial charge in [0.1, 0.15) is 11.2 Å². The van der Waals surface area contributed by atoms with Gasteiger partial charge >= 0.3 is 24.2 Å². The van der Waals surface area contributed by atoms with Gasteiger partial charge in [0.25, 0.3) is 0 Å². The number of nitrogens with zero attached hydrogens (tertiary/aromatic N) is 1. The Morgan fingerprint density at radius 1 is 0.735 bits per heavy atom. The summed E-state index contributed by atoms with van der Waals surface area (Å²) in [6.07, 6.45) is 1.08. The lowest BCUT2D eigenvalue weighted by atomic mass is 9.98. The van der Waals surface area contributed by atoms with Crippen LogP contribution in [0.2, 0.25) is 0 Å². The molecule has 0 bridgehead atoms. The van der Waals surface area contributed by atoms with Crippen LogP contribution in [0, 0.1) is 11.8 Å². The van der Waals surface area contributed by atoms with Gasteiger partial charge in [-0.1, -0.05) is 0 Å². The fraction of sp³-hybridized carbons (Fsp3) is 0.826. The third kappa shape index (κ3) is 17.1. The number of likely N-dealkylation sites (tertiary alicyclic amines) is 1. The molecule has 0 unspecified atom stereocenters. The summed E-state index contributed by atoms with van der Waals surface area (Å²) in [4.78, 5) is 45.0. The molecule has 0 atom stereocenters. The summed E-state index contributed by atoms with van der Waals surface area (Å²) in [7, 11) is 2.03. The molecule has 2 rings (SSSR count). The molecule has 198 valence electrons. The molecule has 0 saturated carbocycles. The van der Waals surface area contributed by atoms with E-state index in [4.69, 9.17) is 19.7 Å². The Kier molecular flexibility index (Phi) is 13.7. The van der Waals surface area contributed by atoms with Gasteiger partial charge in [-0.05, 0) is 100 Å². The second kappa shape index (κ2) is 14.8. The predicted octanol–water partition coefficient (Wildman–Crippen LogP) is 3.36. The van der Waals surface area contributed by atoms with Gasteiger partial charge in [0.15, 0.2) is 0 Å². The number of hydrogen-bond acceptors (Lipinski definition) is 9. The molecule has 2 aliphatic heterocycles. The van der Waals surface area contributed by atoms with Crippen LogP contribution in [-0.4, -0.2) is 83.8 Å². The highest BCUT2D eigenvalue weighted by molar-refractivity contribution is 5.77. The van der Waals surface area contributed by atoms with E-state index in [1.165, 1.54) is 0 Å². The summed E-state index contributed by atoms with van der Waals surface area (Å²) < 4.78 is 13.8. The number of nitrogens with one attached hydrogen (secondary N) is 1. The van der Waals surface area contributed by atoms with Crippen molar-refractivity contribution in [1.82, 2.24) is 10.2 Å². The van der Waals surface area contributed by atoms with Crippen LogP contribution in [0.5, 0.6) is 0 Å². The maximum absolute atomic E-state index is 11.0. The topological polar surface area (TPSA) is 152 Å². The van der Waals surface area contributed by atoms with Gasteiger partial charge in [-0.25, -0.2) is 9.59 Å². The minimum atomic E-state index is -1.06. The third-order valence-corrected chi connectivity index (χ3v) is 4.70. The number of aliphatic carboxylic acids is 2. The van der Waals surface area contributed by atoms with E-state index in [1.54, 1.807) is 41.5 Å². The first-order valence-electron chi connectivity index (χ1n) is 11.5. The van der Waals surface area contributed by atoms with Crippen LogP contribution in [0.3, 0.4) is 0 Å². The number of carbonyl (C=O) groups excluding carboxylic acids is 2. The molecule has 0 aliphatic carbocycles. The van der Waals surface area contributed by atoms with Crippen LogP contribution < -0.4 is 5.32 Å². The molecule has 11 nitrogen and oxygen atoms in total. The number of ether oxygens (including phenoxy) is 3. The maximum Gasteiger partial charge on any atom is 0.519 e. The monoisotopic (exact) mass is 490 g/mol. The average molecular weight is 491 g/mol. The van der Waals surface area contributed by atoms with Crippen LogP contribution in [0.25, 0.3) is 0 Å². The minimum absolute atomic E-state index is 0.0869. The molecule has 2 aliphatic rings. The number of carboxylic acids is 2. The van der Waals surface area contributed by atoms with Crippen LogP contribution in [0.4, 0.5) is 9.59 Å². The number of rotatable bonds is 2. The second-order valence-corrected chi connectivity index (χ2v) is 10.3. The fourth-order valence-corrected chi connectivity index (χ4v) is 2.93. The van der Waals surface area contributed by atoms with Crippen molar-refractivity contribution in [3.05, 3.63) is 0 Å². The van der Waals surface area contributed by atoms with Gasteiger partial charge in [0, 0.05) is 0 Å². The SMILES string of the molecule is CC(C)(C)OC(=O)OC(=O)OC(C)(C)C.CN1CCC(C(=O)O)CC1.O=C(O)C1CCNCC1. The zero-order chi connectivity index (χ0) is 26.5. The van der Waals surface area contributed by atoms with Gasteiger partial charge in [0.05, 0.1) is 11.8 Å². The quantitative estimate of drug-likeness (QED) is 0.386. The van der Waals surface area contributed by atoms with Crippen molar-refractivity contribution < 1.29 is 43.6 Å². The van der Waals surface area contributed by atoms with Crippen molar-refractivity contribution in [2.45, 2.75) is 78.4 Å². The molecule has 3 N–H and O–H groups in total. The van der Waals surface area contributed by atoms with Crippen LogP contribution in [-0.2, 0) is 23.8 Å². The maximum atomic E-state index is 11.0. The van der Waals surface area contributed by atoms with E-state index in [-0.39, 0.29) is 11.8 Å². The summed E-state index contributed by atoms with van der Waals surface area (Å²) in [5.74, 6) is -1.45. The molecule has 0 aromatic heterocycles. The molecular weight excluding hydrogens is 448 g/mol. The van der Waals surface area contributed by atoms with E-state index in [0.717, 1.165) is 51.9 Å². The summed E-state index contributed by atoms with van der Waals surface area (Å²) in [5.41, 5.74) is -1.39. The standard InChI is InChI=1S/C10H18O5.C7H13NO2.C6H11NO2/c1-9(2,3)14-7(11)13-8(12)15-10(4,5)6;1-8-4-2-6(3-5-8)7(9)10;8-6(9)5-1-3-7-4-2-5/h1-6H3;6H,2-5H2,1H3,(H,9,10);5,7H,1-4H2,(H,8,9). The molecule has 0 aromatic carbocycles.